The lowest BCUT2D eigenvalue weighted by Crippen LogP contribution is -2.32. The van der Waals surface area contributed by atoms with Crippen LogP contribution in [0.2, 0.25) is 0 Å². The zero-order chi connectivity index (χ0) is 53.5. The quantitative estimate of drug-likeness (QED) is 0.0207. The van der Waals surface area contributed by atoms with Crippen LogP contribution in [0, 0.1) is 0 Å². The summed E-state index contributed by atoms with van der Waals surface area (Å²) in [6.07, 6.45) is 58.0. The van der Waals surface area contributed by atoms with Crippen LogP contribution >= 0.6 is 0 Å². The van der Waals surface area contributed by atoms with Crippen molar-refractivity contribution in [2.24, 2.45) is 0 Å². The number of allylic oxidation sites excluding steroid dienone is 8. The van der Waals surface area contributed by atoms with Gasteiger partial charge in [-0.3, -0.25) is 9.59 Å². The van der Waals surface area contributed by atoms with Gasteiger partial charge in [-0.15, -0.1) is 0 Å². The second kappa shape index (κ2) is 54.8. The minimum atomic E-state index is -1.17. The van der Waals surface area contributed by atoms with E-state index in [-0.39, 0.29) is 31.3 Å². The van der Waals surface area contributed by atoms with E-state index < -0.39 is 18.5 Å². The zero-order valence-corrected chi connectivity index (χ0v) is 48.2. The van der Waals surface area contributed by atoms with Gasteiger partial charge in [-0.05, 0) is 142 Å². The minimum absolute atomic E-state index is 0.110. The van der Waals surface area contributed by atoms with Gasteiger partial charge in [0.2, 0.25) is 0 Å². The molecule has 1 heterocycles. The molecule has 430 valence electrons. The van der Waals surface area contributed by atoms with E-state index in [0.29, 0.717) is 38.7 Å². The maximum atomic E-state index is 12.8. The molecule has 0 saturated carbocycles. The number of aliphatic hydroxyl groups excluding tert-OH is 1. The Morgan fingerprint density at radius 1 is 0.446 bits per heavy atom. The Kier molecular flexibility index (Phi) is 51.2. The molecule has 2 atom stereocenters. The Morgan fingerprint density at radius 2 is 0.851 bits per heavy atom. The highest BCUT2D eigenvalue weighted by Gasteiger charge is 2.22. The van der Waals surface area contributed by atoms with Crippen LogP contribution < -0.4 is 0 Å². The SMILES string of the molecule is CCCCC/C=C\C/C=C\CCCCCCCC(=O)OCC(COC(=O)CCCCCCC/C=C\C/C=C\CCCCC)OC(O)CCCC(CCCCCCCCCCCC)OC(=O)OCCCN1CCCC1. The summed E-state index contributed by atoms with van der Waals surface area (Å²) in [5.41, 5.74) is 0. The Bertz CT molecular complexity index is 1310. The van der Waals surface area contributed by atoms with Crippen molar-refractivity contribution in [3.8, 4) is 0 Å². The van der Waals surface area contributed by atoms with Gasteiger partial charge in [0.1, 0.15) is 25.4 Å². The topological polar surface area (TPSA) is 121 Å². The van der Waals surface area contributed by atoms with Crippen LogP contribution in [-0.4, -0.2) is 86.1 Å². The first-order valence-electron chi connectivity index (χ1n) is 31.2. The number of carbonyl (C=O) groups is 3. The molecule has 0 bridgehead atoms. The van der Waals surface area contributed by atoms with Crippen molar-refractivity contribution in [3.63, 3.8) is 0 Å². The molecule has 0 aromatic carbocycles. The van der Waals surface area contributed by atoms with E-state index >= 15 is 0 Å². The molecule has 10 heteroatoms. The van der Waals surface area contributed by atoms with Gasteiger partial charge in [0.25, 0.3) is 0 Å². The maximum absolute atomic E-state index is 12.8. The fraction of sp³-hybridized carbons (Fsp3) is 0.828. The molecule has 0 aromatic heterocycles. The molecular formula is C64H115NO9. The summed E-state index contributed by atoms with van der Waals surface area (Å²) < 4.78 is 28.6. The third-order valence-electron chi connectivity index (χ3n) is 14.0. The number of aliphatic hydroxyl groups is 1. The van der Waals surface area contributed by atoms with Crippen molar-refractivity contribution in [1.82, 2.24) is 4.90 Å². The Hall–Kier alpha value is -2.95. The number of hydrogen-bond acceptors (Lipinski definition) is 10. The van der Waals surface area contributed by atoms with Crippen molar-refractivity contribution < 1.29 is 43.2 Å². The zero-order valence-electron chi connectivity index (χ0n) is 48.2. The summed E-state index contributed by atoms with van der Waals surface area (Å²) in [5, 5.41) is 11.1. The summed E-state index contributed by atoms with van der Waals surface area (Å²) >= 11 is 0. The molecular weight excluding hydrogens is 927 g/mol. The van der Waals surface area contributed by atoms with Crippen molar-refractivity contribution >= 4 is 18.1 Å². The Morgan fingerprint density at radius 3 is 1.34 bits per heavy atom. The molecule has 1 saturated heterocycles. The highest BCUT2D eigenvalue weighted by Crippen LogP contribution is 2.19. The first-order chi connectivity index (χ1) is 36.4. The molecule has 1 N–H and O–H groups in total. The van der Waals surface area contributed by atoms with E-state index in [9.17, 15) is 19.5 Å². The monoisotopic (exact) mass is 1040 g/mol. The number of ether oxygens (including phenoxy) is 5. The van der Waals surface area contributed by atoms with Crippen LogP contribution in [-0.2, 0) is 33.3 Å². The second-order valence-electron chi connectivity index (χ2n) is 21.2. The average Bonchev–Trinajstić information content (AvgIpc) is 3.92. The van der Waals surface area contributed by atoms with Crippen LogP contribution in [0.15, 0.2) is 48.6 Å². The van der Waals surface area contributed by atoms with E-state index in [1.165, 1.54) is 116 Å². The van der Waals surface area contributed by atoms with Crippen molar-refractivity contribution in [1.29, 1.82) is 0 Å². The molecule has 0 aliphatic carbocycles. The van der Waals surface area contributed by atoms with E-state index in [1.807, 2.05) is 0 Å². The van der Waals surface area contributed by atoms with Gasteiger partial charge in [-0.25, -0.2) is 4.79 Å². The van der Waals surface area contributed by atoms with E-state index in [1.54, 1.807) is 0 Å². The highest BCUT2D eigenvalue weighted by molar-refractivity contribution is 5.69. The predicted octanol–water partition coefficient (Wildman–Crippen LogP) is 17.9. The van der Waals surface area contributed by atoms with E-state index in [0.717, 1.165) is 135 Å². The standard InChI is InChI=1S/C64H115NO9/c1-4-7-10-13-16-19-22-24-26-28-30-33-36-39-42-50-61(66)71-57-60(58-72-62(67)51-43-40-37-34-31-29-27-25-23-20-17-14-11-8-5-2)73-63(68)52-46-49-59(48-41-38-35-32-21-18-15-12-9-6-3)74-64(69)70-56-47-55-65-53-44-45-54-65/h16-17,19-20,24-27,59-60,63,68H,4-15,18,21-23,28-58H2,1-3H3/b19-16-,20-17-,26-24-,27-25-. The first-order valence-corrected chi connectivity index (χ1v) is 31.2. The molecule has 0 aromatic rings. The number of carbonyl (C=O) groups excluding carboxylic acids is 3. The number of nitrogens with zero attached hydrogens (tertiary/aromatic N) is 1. The Labute approximate surface area is 455 Å². The fourth-order valence-corrected chi connectivity index (χ4v) is 9.36. The molecule has 1 aliphatic rings. The third kappa shape index (κ3) is 48.7. The number of esters is 2. The van der Waals surface area contributed by atoms with Gasteiger partial charge >= 0.3 is 18.1 Å². The van der Waals surface area contributed by atoms with E-state index in [4.69, 9.17) is 23.7 Å². The van der Waals surface area contributed by atoms with Crippen molar-refractivity contribution in [2.45, 2.75) is 303 Å². The summed E-state index contributed by atoms with van der Waals surface area (Å²) in [7, 11) is 0. The second-order valence-corrected chi connectivity index (χ2v) is 21.2. The number of unbranched alkanes of at least 4 members (excludes halogenated alkanes) is 25. The minimum Gasteiger partial charge on any atom is -0.463 e. The lowest BCUT2D eigenvalue weighted by atomic mass is 10.0. The largest absolute Gasteiger partial charge is 0.508 e. The van der Waals surface area contributed by atoms with Crippen LogP contribution in [0.4, 0.5) is 4.79 Å². The van der Waals surface area contributed by atoms with Crippen LogP contribution in [0.5, 0.6) is 0 Å². The lowest BCUT2D eigenvalue weighted by Gasteiger charge is -2.22. The average molecular weight is 1040 g/mol. The van der Waals surface area contributed by atoms with Gasteiger partial charge in [-0.2, -0.15) is 0 Å². The van der Waals surface area contributed by atoms with Crippen LogP contribution in [0.1, 0.15) is 284 Å². The summed E-state index contributed by atoms with van der Waals surface area (Å²) in [6, 6.07) is 0. The predicted molar refractivity (Wildman–Crippen MR) is 308 cm³/mol. The van der Waals surface area contributed by atoms with Crippen LogP contribution in [0.3, 0.4) is 0 Å². The molecule has 10 nitrogen and oxygen atoms in total. The molecule has 0 radical (unpaired) electrons. The number of likely N-dealkylation sites (tertiary alicyclic amines) is 1. The molecule has 0 amide bonds. The molecule has 74 heavy (non-hydrogen) atoms. The van der Waals surface area contributed by atoms with Gasteiger partial charge in [0.05, 0.1) is 6.61 Å². The van der Waals surface area contributed by atoms with Gasteiger partial charge in [-0.1, -0.05) is 191 Å². The molecule has 1 fully saturated rings. The van der Waals surface area contributed by atoms with Crippen molar-refractivity contribution in [3.05, 3.63) is 48.6 Å². The maximum Gasteiger partial charge on any atom is 0.508 e. The lowest BCUT2D eigenvalue weighted by molar-refractivity contribution is -0.183. The molecule has 1 rings (SSSR count). The summed E-state index contributed by atoms with van der Waals surface area (Å²) in [4.78, 5) is 40.9. The number of rotatable bonds is 54. The first kappa shape index (κ1) is 69.1. The fourth-order valence-electron chi connectivity index (χ4n) is 9.36. The van der Waals surface area contributed by atoms with Crippen LogP contribution in [0.25, 0.3) is 0 Å². The molecule has 1 aliphatic heterocycles. The Balaban J connectivity index is 2.61. The van der Waals surface area contributed by atoms with Gasteiger partial charge < -0.3 is 33.7 Å². The molecule has 2 unspecified atom stereocenters. The third-order valence-corrected chi connectivity index (χ3v) is 14.0. The van der Waals surface area contributed by atoms with Gasteiger partial charge in [0.15, 0.2) is 6.29 Å². The molecule has 0 spiro atoms. The van der Waals surface area contributed by atoms with Gasteiger partial charge in [0, 0.05) is 19.4 Å². The van der Waals surface area contributed by atoms with E-state index in [2.05, 4.69) is 74.3 Å². The smallest absolute Gasteiger partial charge is 0.463 e. The highest BCUT2D eigenvalue weighted by atomic mass is 16.7. The summed E-state index contributed by atoms with van der Waals surface area (Å²) in [5.74, 6) is -0.629. The normalized spacial score (nSPS) is 14.1. The van der Waals surface area contributed by atoms with Crippen molar-refractivity contribution in [2.75, 3.05) is 39.5 Å². The number of hydrogen-bond donors (Lipinski definition) is 1. The summed E-state index contributed by atoms with van der Waals surface area (Å²) in [6.45, 7) is 10.0.